The van der Waals surface area contributed by atoms with E-state index in [1.807, 2.05) is 31.3 Å². The number of carbonyl (C=O) groups is 1. The summed E-state index contributed by atoms with van der Waals surface area (Å²) in [5, 5.41) is 4.38. The Hall–Kier alpha value is -1.95. The summed E-state index contributed by atoms with van der Waals surface area (Å²) in [4.78, 5) is 26.5. The zero-order valence-electron chi connectivity index (χ0n) is 14.3. The molecule has 3 rings (SSSR count). The second kappa shape index (κ2) is 7.95. The minimum Gasteiger partial charge on any atom is -0.341 e. The number of aromatic nitrogens is 2. The maximum atomic E-state index is 12.6. The van der Waals surface area contributed by atoms with Gasteiger partial charge in [-0.1, -0.05) is 47.3 Å². The Morgan fingerprint density at radius 3 is 2.52 bits per heavy atom. The van der Waals surface area contributed by atoms with Gasteiger partial charge in [0.25, 0.3) is 5.56 Å². The lowest BCUT2D eigenvalue weighted by Gasteiger charge is -2.31. The molecule has 6 heteroatoms. The molecule has 0 spiro atoms. The molecule has 1 aromatic carbocycles. The summed E-state index contributed by atoms with van der Waals surface area (Å²) < 4.78 is 2.24. The van der Waals surface area contributed by atoms with Crippen molar-refractivity contribution in [2.45, 2.75) is 44.7 Å². The molecule has 25 heavy (non-hydrogen) atoms. The average molecular weight is 404 g/mol. The highest BCUT2D eigenvalue weighted by Gasteiger charge is 2.22. The lowest BCUT2D eigenvalue weighted by atomic mass is 9.94. The molecular formula is C19H22BrN3O2. The number of benzene rings is 1. The van der Waals surface area contributed by atoms with Crippen LogP contribution in [0.3, 0.4) is 0 Å². The number of likely N-dealkylation sites (N-methyl/N-ethyl adjacent to an activating group) is 1. The maximum absolute atomic E-state index is 12.6. The van der Waals surface area contributed by atoms with Crippen LogP contribution >= 0.6 is 15.9 Å². The van der Waals surface area contributed by atoms with Crippen molar-refractivity contribution in [1.82, 2.24) is 14.7 Å². The number of nitrogens with zero attached hydrogens (tertiary/aromatic N) is 3. The summed E-state index contributed by atoms with van der Waals surface area (Å²) in [6.45, 7) is -0.0177. The Bertz CT molecular complexity index is 795. The van der Waals surface area contributed by atoms with Crippen molar-refractivity contribution in [2.24, 2.45) is 0 Å². The van der Waals surface area contributed by atoms with Gasteiger partial charge in [-0.25, -0.2) is 4.68 Å². The minimum atomic E-state index is -0.258. The van der Waals surface area contributed by atoms with Crippen LogP contribution in [0.15, 0.2) is 45.7 Å². The van der Waals surface area contributed by atoms with E-state index < -0.39 is 0 Å². The van der Waals surface area contributed by atoms with Crippen LogP contribution in [-0.2, 0) is 11.3 Å². The fourth-order valence-corrected chi connectivity index (χ4v) is 3.51. The maximum Gasteiger partial charge on any atom is 0.267 e. The normalized spacial score (nSPS) is 15.1. The number of hydrogen-bond donors (Lipinski definition) is 0. The highest BCUT2D eigenvalue weighted by atomic mass is 79.9. The molecule has 0 atom stereocenters. The summed E-state index contributed by atoms with van der Waals surface area (Å²) in [6.07, 6.45) is 5.67. The van der Waals surface area contributed by atoms with Gasteiger partial charge in [-0.15, -0.1) is 0 Å². The Morgan fingerprint density at radius 1 is 1.16 bits per heavy atom. The molecule has 0 unspecified atom stereocenters. The zero-order valence-corrected chi connectivity index (χ0v) is 15.9. The third kappa shape index (κ3) is 4.37. The molecular weight excluding hydrogens is 382 g/mol. The number of hydrogen-bond acceptors (Lipinski definition) is 3. The van der Waals surface area contributed by atoms with Crippen LogP contribution in [0, 0.1) is 0 Å². The SMILES string of the molecule is CN(C(=O)Cn1nc(-c2ccc(Br)cc2)ccc1=O)C1CCCCC1. The highest BCUT2D eigenvalue weighted by Crippen LogP contribution is 2.22. The van der Waals surface area contributed by atoms with Crippen LogP contribution < -0.4 is 5.56 Å². The lowest BCUT2D eigenvalue weighted by Crippen LogP contribution is -2.41. The van der Waals surface area contributed by atoms with Crippen molar-refractivity contribution in [3.63, 3.8) is 0 Å². The Kier molecular flexibility index (Phi) is 5.68. The first-order valence-electron chi connectivity index (χ1n) is 8.64. The zero-order chi connectivity index (χ0) is 17.8. The molecule has 1 heterocycles. The van der Waals surface area contributed by atoms with E-state index in [-0.39, 0.29) is 24.1 Å². The van der Waals surface area contributed by atoms with E-state index in [0.717, 1.165) is 22.9 Å². The van der Waals surface area contributed by atoms with Crippen molar-refractivity contribution in [1.29, 1.82) is 0 Å². The van der Waals surface area contributed by atoms with Crippen molar-refractivity contribution < 1.29 is 4.79 Å². The van der Waals surface area contributed by atoms with Gasteiger partial charge in [-0.3, -0.25) is 9.59 Å². The summed E-state index contributed by atoms with van der Waals surface area (Å²) in [7, 11) is 1.84. The van der Waals surface area contributed by atoms with Crippen LogP contribution in [0.25, 0.3) is 11.3 Å². The quantitative estimate of drug-likeness (QED) is 0.784. The summed E-state index contributed by atoms with van der Waals surface area (Å²) >= 11 is 3.40. The second-order valence-electron chi connectivity index (χ2n) is 6.52. The predicted octanol–water partition coefficient (Wildman–Crippen LogP) is 3.46. The molecule has 0 N–H and O–H groups in total. The monoisotopic (exact) mass is 403 g/mol. The van der Waals surface area contributed by atoms with Crippen molar-refractivity contribution >= 4 is 21.8 Å². The first-order valence-corrected chi connectivity index (χ1v) is 9.43. The molecule has 0 saturated heterocycles. The Balaban J connectivity index is 1.77. The summed E-state index contributed by atoms with van der Waals surface area (Å²) in [5.41, 5.74) is 1.33. The van der Waals surface area contributed by atoms with Gasteiger partial charge < -0.3 is 4.90 Å². The Labute approximate surface area is 155 Å². The third-order valence-electron chi connectivity index (χ3n) is 4.81. The van der Waals surface area contributed by atoms with E-state index in [2.05, 4.69) is 21.0 Å². The second-order valence-corrected chi connectivity index (χ2v) is 7.43. The largest absolute Gasteiger partial charge is 0.341 e. The molecule has 1 aromatic heterocycles. The fraction of sp³-hybridized carbons (Fsp3) is 0.421. The summed E-state index contributed by atoms with van der Waals surface area (Å²) in [6, 6.07) is 11.2. The average Bonchev–Trinajstić information content (AvgIpc) is 2.64. The van der Waals surface area contributed by atoms with Gasteiger partial charge in [0.2, 0.25) is 5.91 Å². The van der Waals surface area contributed by atoms with Crippen LogP contribution in [0.1, 0.15) is 32.1 Å². The third-order valence-corrected chi connectivity index (χ3v) is 5.34. The lowest BCUT2D eigenvalue weighted by molar-refractivity contribution is -0.133. The molecule has 1 aliphatic carbocycles. The van der Waals surface area contributed by atoms with Gasteiger partial charge in [-0.2, -0.15) is 5.10 Å². The predicted molar refractivity (Wildman–Crippen MR) is 101 cm³/mol. The van der Waals surface area contributed by atoms with Gasteiger partial charge in [-0.05, 0) is 31.0 Å². The number of amides is 1. The molecule has 0 bridgehead atoms. The van der Waals surface area contributed by atoms with Gasteiger partial charge in [0, 0.05) is 29.2 Å². The van der Waals surface area contributed by atoms with E-state index in [9.17, 15) is 9.59 Å². The molecule has 1 fully saturated rings. The first kappa shape index (κ1) is 17.9. The topological polar surface area (TPSA) is 55.2 Å². The van der Waals surface area contributed by atoms with E-state index in [1.54, 1.807) is 11.0 Å². The van der Waals surface area contributed by atoms with Gasteiger partial charge in [0.1, 0.15) is 6.54 Å². The van der Waals surface area contributed by atoms with Crippen molar-refractivity contribution in [2.75, 3.05) is 7.05 Å². The van der Waals surface area contributed by atoms with E-state index in [1.165, 1.54) is 30.0 Å². The van der Waals surface area contributed by atoms with Gasteiger partial charge in [0.05, 0.1) is 5.69 Å². The van der Waals surface area contributed by atoms with Crippen molar-refractivity contribution in [3.05, 3.63) is 51.2 Å². The fourth-order valence-electron chi connectivity index (χ4n) is 3.25. The van der Waals surface area contributed by atoms with Crippen LogP contribution in [-0.4, -0.2) is 33.7 Å². The molecule has 1 aliphatic rings. The molecule has 5 nitrogen and oxygen atoms in total. The van der Waals surface area contributed by atoms with E-state index >= 15 is 0 Å². The van der Waals surface area contributed by atoms with Crippen LogP contribution in [0.5, 0.6) is 0 Å². The minimum absolute atomic E-state index is 0.0177. The van der Waals surface area contributed by atoms with Crippen LogP contribution in [0.4, 0.5) is 0 Å². The van der Waals surface area contributed by atoms with Gasteiger partial charge in [0.15, 0.2) is 0 Å². The van der Waals surface area contributed by atoms with E-state index in [4.69, 9.17) is 0 Å². The molecule has 1 saturated carbocycles. The number of halogens is 1. The number of rotatable bonds is 4. The van der Waals surface area contributed by atoms with Crippen molar-refractivity contribution in [3.8, 4) is 11.3 Å². The van der Waals surface area contributed by atoms with E-state index in [0.29, 0.717) is 5.69 Å². The number of carbonyl (C=O) groups excluding carboxylic acids is 1. The highest BCUT2D eigenvalue weighted by molar-refractivity contribution is 9.10. The molecule has 2 aromatic rings. The standard InChI is InChI=1S/C19H22BrN3O2/c1-22(16-5-3-2-4-6-16)19(25)13-23-18(24)12-11-17(21-23)14-7-9-15(20)10-8-14/h7-12,16H,2-6,13H2,1H3. The Morgan fingerprint density at radius 2 is 1.84 bits per heavy atom. The molecule has 1 amide bonds. The molecule has 0 aliphatic heterocycles. The summed E-state index contributed by atoms with van der Waals surface area (Å²) in [5.74, 6) is -0.0607. The first-order chi connectivity index (χ1) is 12.0. The smallest absolute Gasteiger partial charge is 0.267 e. The molecule has 0 radical (unpaired) electrons. The molecule has 132 valence electrons. The van der Waals surface area contributed by atoms with Gasteiger partial charge >= 0.3 is 0 Å². The van der Waals surface area contributed by atoms with Crippen LogP contribution in [0.2, 0.25) is 0 Å².